The summed E-state index contributed by atoms with van der Waals surface area (Å²) in [7, 11) is 3.78. The maximum absolute atomic E-state index is 12.3. The third kappa shape index (κ3) is 5.36. The first-order chi connectivity index (χ1) is 13.9. The van der Waals surface area contributed by atoms with Crippen molar-refractivity contribution < 1.29 is 9.59 Å². The second-order valence-corrected chi connectivity index (χ2v) is 7.14. The fourth-order valence-corrected chi connectivity index (χ4v) is 3.21. The van der Waals surface area contributed by atoms with Gasteiger partial charge in [0.2, 0.25) is 5.91 Å². The SMILES string of the molecule is CN(C)c1ccc(NC(=O)CNC(=O)c2ccc(-c3ccccc3)cc2)cc1Cl. The molecule has 0 bridgehead atoms. The molecule has 0 aliphatic carbocycles. The standard InChI is InChI=1S/C23H22ClN3O2/c1-27(2)21-13-12-19(14-20(21)24)26-22(28)15-25-23(29)18-10-8-17(9-11-18)16-6-4-3-5-7-16/h3-14H,15H2,1-2H3,(H,25,29)(H,26,28). The van der Waals surface area contributed by atoms with Gasteiger partial charge < -0.3 is 15.5 Å². The Morgan fingerprint density at radius 1 is 0.897 bits per heavy atom. The molecule has 0 spiro atoms. The highest BCUT2D eigenvalue weighted by molar-refractivity contribution is 6.33. The highest BCUT2D eigenvalue weighted by atomic mass is 35.5. The number of nitrogens with one attached hydrogen (secondary N) is 2. The van der Waals surface area contributed by atoms with E-state index >= 15 is 0 Å². The number of carbonyl (C=O) groups excluding carboxylic acids is 2. The van der Waals surface area contributed by atoms with E-state index in [-0.39, 0.29) is 18.4 Å². The molecule has 0 atom stereocenters. The van der Waals surface area contributed by atoms with Crippen LogP contribution in [0.25, 0.3) is 11.1 Å². The van der Waals surface area contributed by atoms with Gasteiger partial charge in [-0.1, -0.05) is 54.1 Å². The lowest BCUT2D eigenvalue weighted by atomic mass is 10.0. The van der Waals surface area contributed by atoms with E-state index < -0.39 is 0 Å². The number of rotatable bonds is 6. The zero-order chi connectivity index (χ0) is 20.8. The number of benzene rings is 3. The summed E-state index contributed by atoms with van der Waals surface area (Å²) in [5.41, 5.74) is 4.04. The molecule has 3 rings (SSSR count). The lowest BCUT2D eigenvalue weighted by molar-refractivity contribution is -0.115. The number of hydrogen-bond donors (Lipinski definition) is 2. The molecule has 0 saturated heterocycles. The third-order valence-electron chi connectivity index (χ3n) is 4.38. The number of hydrogen-bond acceptors (Lipinski definition) is 3. The van der Waals surface area contributed by atoms with E-state index in [0.29, 0.717) is 16.3 Å². The zero-order valence-corrected chi connectivity index (χ0v) is 17.0. The smallest absolute Gasteiger partial charge is 0.251 e. The summed E-state index contributed by atoms with van der Waals surface area (Å²) in [6.45, 7) is -0.133. The summed E-state index contributed by atoms with van der Waals surface area (Å²) in [4.78, 5) is 26.3. The summed E-state index contributed by atoms with van der Waals surface area (Å²) in [5.74, 6) is -0.631. The van der Waals surface area contributed by atoms with Crippen LogP contribution in [0, 0.1) is 0 Å². The zero-order valence-electron chi connectivity index (χ0n) is 16.3. The van der Waals surface area contributed by atoms with Crippen molar-refractivity contribution in [3.63, 3.8) is 0 Å². The molecule has 6 heteroatoms. The molecule has 0 saturated carbocycles. The Morgan fingerprint density at radius 2 is 1.55 bits per heavy atom. The van der Waals surface area contributed by atoms with Crippen LogP contribution in [0.3, 0.4) is 0 Å². The normalized spacial score (nSPS) is 10.3. The predicted molar refractivity (Wildman–Crippen MR) is 119 cm³/mol. The molecule has 0 aliphatic heterocycles. The van der Waals surface area contributed by atoms with Crippen LogP contribution in [-0.2, 0) is 4.79 Å². The lowest BCUT2D eigenvalue weighted by Gasteiger charge is -2.15. The van der Waals surface area contributed by atoms with Crippen molar-refractivity contribution in [3.8, 4) is 11.1 Å². The molecule has 0 unspecified atom stereocenters. The number of nitrogens with zero attached hydrogens (tertiary/aromatic N) is 1. The molecule has 2 N–H and O–H groups in total. The molecule has 3 aromatic carbocycles. The maximum Gasteiger partial charge on any atom is 0.251 e. The van der Waals surface area contributed by atoms with Crippen molar-refractivity contribution in [2.75, 3.05) is 30.9 Å². The van der Waals surface area contributed by atoms with Gasteiger partial charge in [0.1, 0.15) is 0 Å². The van der Waals surface area contributed by atoms with Crippen LogP contribution >= 0.6 is 11.6 Å². The molecule has 148 valence electrons. The largest absolute Gasteiger partial charge is 0.376 e. The van der Waals surface area contributed by atoms with Crippen molar-refractivity contribution in [2.24, 2.45) is 0 Å². The second-order valence-electron chi connectivity index (χ2n) is 6.73. The van der Waals surface area contributed by atoms with Gasteiger partial charge in [-0.15, -0.1) is 0 Å². The fraction of sp³-hybridized carbons (Fsp3) is 0.130. The van der Waals surface area contributed by atoms with Crippen molar-refractivity contribution in [1.82, 2.24) is 5.32 Å². The van der Waals surface area contributed by atoms with E-state index in [0.717, 1.165) is 16.8 Å². The van der Waals surface area contributed by atoms with Crippen molar-refractivity contribution in [1.29, 1.82) is 0 Å². The molecular formula is C23H22ClN3O2. The van der Waals surface area contributed by atoms with E-state index in [1.807, 2.05) is 67.5 Å². The molecule has 29 heavy (non-hydrogen) atoms. The Balaban J connectivity index is 1.55. The van der Waals surface area contributed by atoms with Crippen LogP contribution in [0.2, 0.25) is 5.02 Å². The molecule has 0 fully saturated rings. The third-order valence-corrected chi connectivity index (χ3v) is 4.68. The number of amides is 2. The first-order valence-electron chi connectivity index (χ1n) is 9.14. The second kappa shape index (κ2) is 9.26. The van der Waals surface area contributed by atoms with Crippen LogP contribution in [0.1, 0.15) is 10.4 Å². The van der Waals surface area contributed by atoms with Crippen molar-refractivity contribution >= 4 is 34.8 Å². The minimum absolute atomic E-state index is 0.133. The maximum atomic E-state index is 12.3. The summed E-state index contributed by atoms with van der Waals surface area (Å²) >= 11 is 6.21. The Bertz CT molecular complexity index is 1000. The Hall–Kier alpha value is -3.31. The van der Waals surface area contributed by atoms with Crippen LogP contribution in [-0.4, -0.2) is 32.5 Å². The molecule has 0 aliphatic rings. The fourth-order valence-electron chi connectivity index (χ4n) is 2.86. The van der Waals surface area contributed by atoms with E-state index in [1.165, 1.54) is 0 Å². The van der Waals surface area contributed by atoms with Crippen LogP contribution in [0.15, 0.2) is 72.8 Å². The van der Waals surface area contributed by atoms with Gasteiger partial charge in [0.15, 0.2) is 0 Å². The average Bonchev–Trinajstić information content (AvgIpc) is 2.72. The van der Waals surface area contributed by atoms with E-state index in [9.17, 15) is 9.59 Å². The average molecular weight is 408 g/mol. The van der Waals surface area contributed by atoms with Gasteiger partial charge >= 0.3 is 0 Å². The van der Waals surface area contributed by atoms with Crippen molar-refractivity contribution in [3.05, 3.63) is 83.4 Å². The number of anilines is 2. The minimum atomic E-state index is -0.326. The summed E-state index contributed by atoms with van der Waals surface area (Å²) in [6, 6.07) is 22.5. The van der Waals surface area contributed by atoms with E-state index in [2.05, 4.69) is 10.6 Å². The summed E-state index contributed by atoms with van der Waals surface area (Å²) in [6.07, 6.45) is 0. The molecular weight excluding hydrogens is 386 g/mol. The van der Waals surface area contributed by atoms with Gasteiger partial charge in [-0.25, -0.2) is 0 Å². The first-order valence-corrected chi connectivity index (χ1v) is 9.52. The Labute approximate surface area is 175 Å². The van der Waals surface area contributed by atoms with Gasteiger partial charge in [-0.3, -0.25) is 9.59 Å². The molecule has 0 heterocycles. The molecule has 5 nitrogen and oxygen atoms in total. The van der Waals surface area contributed by atoms with Crippen molar-refractivity contribution in [2.45, 2.75) is 0 Å². The van der Waals surface area contributed by atoms with Crippen LogP contribution in [0.5, 0.6) is 0 Å². The number of halogens is 1. The topological polar surface area (TPSA) is 61.4 Å². The highest BCUT2D eigenvalue weighted by Gasteiger charge is 2.10. The molecule has 3 aromatic rings. The summed E-state index contributed by atoms with van der Waals surface area (Å²) < 4.78 is 0. The van der Waals surface area contributed by atoms with E-state index in [4.69, 9.17) is 11.6 Å². The van der Waals surface area contributed by atoms with Gasteiger partial charge in [-0.2, -0.15) is 0 Å². The van der Waals surface area contributed by atoms with Gasteiger partial charge in [-0.05, 0) is 41.5 Å². The molecule has 2 amide bonds. The van der Waals surface area contributed by atoms with E-state index in [1.54, 1.807) is 24.3 Å². The monoisotopic (exact) mass is 407 g/mol. The van der Waals surface area contributed by atoms with Gasteiger partial charge in [0, 0.05) is 25.3 Å². The molecule has 0 radical (unpaired) electrons. The number of carbonyl (C=O) groups is 2. The quantitative estimate of drug-likeness (QED) is 0.635. The summed E-state index contributed by atoms with van der Waals surface area (Å²) in [5, 5.41) is 5.90. The Morgan fingerprint density at radius 3 is 2.17 bits per heavy atom. The molecule has 0 aromatic heterocycles. The van der Waals surface area contributed by atoms with Gasteiger partial charge in [0.05, 0.1) is 17.3 Å². The lowest BCUT2D eigenvalue weighted by Crippen LogP contribution is -2.32. The minimum Gasteiger partial charge on any atom is -0.376 e. The first kappa shape index (κ1) is 20.4. The highest BCUT2D eigenvalue weighted by Crippen LogP contribution is 2.27. The van der Waals surface area contributed by atoms with Crippen LogP contribution in [0.4, 0.5) is 11.4 Å². The van der Waals surface area contributed by atoms with Gasteiger partial charge in [0.25, 0.3) is 5.91 Å². The van der Waals surface area contributed by atoms with Crippen LogP contribution < -0.4 is 15.5 Å². The Kier molecular flexibility index (Phi) is 6.52. The predicted octanol–water partition coefficient (Wildman–Crippen LogP) is 4.44.